The van der Waals surface area contributed by atoms with Crippen LogP contribution in [0.2, 0.25) is 0 Å². The molecule has 0 aromatic carbocycles. The van der Waals surface area contributed by atoms with E-state index in [1.165, 1.54) is 13.8 Å². The maximum Gasteiger partial charge on any atom is 0.392 e. The SMILES string of the molecule is CCCC(C)C(=O)OC(CC)C(F)(F)C(=O)OCCC(F)(F)F. The first-order valence-electron chi connectivity index (χ1n) is 7.27. The highest BCUT2D eigenvalue weighted by Crippen LogP contribution is 2.28. The number of esters is 2. The van der Waals surface area contributed by atoms with Crippen LogP contribution in [-0.4, -0.2) is 36.7 Å². The number of halogens is 5. The Morgan fingerprint density at radius 3 is 2.09 bits per heavy atom. The number of hydrogen-bond donors (Lipinski definition) is 0. The fraction of sp³-hybridized carbons (Fsp3) is 0.857. The zero-order chi connectivity index (χ0) is 18.3. The van der Waals surface area contributed by atoms with Crippen molar-refractivity contribution in [2.75, 3.05) is 6.61 Å². The summed E-state index contributed by atoms with van der Waals surface area (Å²) in [6, 6.07) is 0. The molecule has 0 aliphatic heterocycles. The Balaban J connectivity index is 4.71. The van der Waals surface area contributed by atoms with Crippen LogP contribution in [0, 0.1) is 5.92 Å². The summed E-state index contributed by atoms with van der Waals surface area (Å²) in [4.78, 5) is 23.0. The minimum atomic E-state index is -4.62. The summed E-state index contributed by atoms with van der Waals surface area (Å²) in [5.41, 5.74) is 0. The van der Waals surface area contributed by atoms with Gasteiger partial charge in [-0.05, 0) is 12.8 Å². The maximum atomic E-state index is 13.9. The van der Waals surface area contributed by atoms with Gasteiger partial charge in [0, 0.05) is 0 Å². The largest absolute Gasteiger partial charge is 0.461 e. The number of rotatable bonds is 9. The molecule has 9 heteroatoms. The molecule has 0 saturated carbocycles. The predicted molar refractivity (Wildman–Crippen MR) is 70.8 cm³/mol. The quantitative estimate of drug-likeness (QED) is 0.469. The lowest BCUT2D eigenvalue weighted by atomic mass is 10.1. The lowest BCUT2D eigenvalue weighted by molar-refractivity contribution is -0.203. The van der Waals surface area contributed by atoms with E-state index in [4.69, 9.17) is 0 Å². The molecular weight excluding hydrogens is 327 g/mol. The van der Waals surface area contributed by atoms with Gasteiger partial charge in [-0.15, -0.1) is 0 Å². The molecule has 0 aromatic rings. The van der Waals surface area contributed by atoms with Gasteiger partial charge in [0.05, 0.1) is 12.3 Å². The Bertz CT molecular complexity index is 395. The highest BCUT2D eigenvalue weighted by atomic mass is 19.4. The van der Waals surface area contributed by atoms with E-state index < -0.39 is 49.1 Å². The van der Waals surface area contributed by atoms with E-state index in [0.29, 0.717) is 12.8 Å². The Morgan fingerprint density at radius 1 is 1.09 bits per heavy atom. The second-order valence-corrected chi connectivity index (χ2v) is 5.15. The van der Waals surface area contributed by atoms with Crippen LogP contribution >= 0.6 is 0 Å². The van der Waals surface area contributed by atoms with E-state index in [9.17, 15) is 31.5 Å². The van der Waals surface area contributed by atoms with Crippen molar-refractivity contribution >= 4 is 11.9 Å². The summed E-state index contributed by atoms with van der Waals surface area (Å²) < 4.78 is 72.1. The summed E-state index contributed by atoms with van der Waals surface area (Å²) >= 11 is 0. The first kappa shape index (κ1) is 21.6. The molecule has 0 aliphatic carbocycles. The molecule has 4 nitrogen and oxygen atoms in total. The predicted octanol–water partition coefficient (Wildman–Crippen LogP) is 3.88. The van der Waals surface area contributed by atoms with Gasteiger partial charge in [-0.2, -0.15) is 22.0 Å². The van der Waals surface area contributed by atoms with Gasteiger partial charge in [0.2, 0.25) is 0 Å². The van der Waals surface area contributed by atoms with Crippen molar-refractivity contribution in [3.8, 4) is 0 Å². The molecule has 0 spiro atoms. The fourth-order valence-corrected chi connectivity index (χ4v) is 1.71. The first-order chi connectivity index (χ1) is 10.5. The van der Waals surface area contributed by atoms with Crippen LogP contribution in [0.3, 0.4) is 0 Å². The minimum Gasteiger partial charge on any atom is -0.461 e. The molecule has 0 aromatic heterocycles. The first-order valence-corrected chi connectivity index (χ1v) is 7.27. The van der Waals surface area contributed by atoms with E-state index in [2.05, 4.69) is 9.47 Å². The van der Waals surface area contributed by atoms with E-state index in [0.717, 1.165) is 0 Å². The Hall–Kier alpha value is -1.41. The third kappa shape index (κ3) is 7.60. The van der Waals surface area contributed by atoms with Crippen molar-refractivity contribution in [3.05, 3.63) is 0 Å². The standard InChI is InChI=1S/C14H21F5O4/c1-4-6-9(3)11(20)23-10(5-2)14(18,19)12(21)22-8-7-13(15,16)17/h9-10H,4-8H2,1-3H3. The second-order valence-electron chi connectivity index (χ2n) is 5.15. The zero-order valence-corrected chi connectivity index (χ0v) is 13.2. The average Bonchev–Trinajstić information content (AvgIpc) is 2.42. The summed E-state index contributed by atoms with van der Waals surface area (Å²) in [5, 5.41) is 0. The van der Waals surface area contributed by atoms with E-state index in [1.54, 1.807) is 6.92 Å². The molecule has 0 rings (SSSR count). The Morgan fingerprint density at radius 2 is 1.65 bits per heavy atom. The monoisotopic (exact) mass is 348 g/mol. The van der Waals surface area contributed by atoms with Crippen molar-refractivity contribution < 1.29 is 41.0 Å². The number of carbonyl (C=O) groups is 2. The fourth-order valence-electron chi connectivity index (χ4n) is 1.71. The van der Waals surface area contributed by atoms with Crippen molar-refractivity contribution in [2.45, 2.75) is 64.7 Å². The molecular formula is C14H21F5O4. The molecule has 0 bridgehead atoms. The molecule has 0 N–H and O–H groups in total. The summed E-state index contributed by atoms with van der Waals surface area (Å²) in [5.74, 6) is -7.85. The molecule has 0 saturated heterocycles. The third-order valence-electron chi connectivity index (χ3n) is 3.05. The van der Waals surface area contributed by atoms with Gasteiger partial charge in [0.15, 0.2) is 6.10 Å². The van der Waals surface area contributed by atoms with Gasteiger partial charge < -0.3 is 9.47 Å². The molecule has 0 heterocycles. The molecule has 0 fully saturated rings. The number of alkyl halides is 5. The van der Waals surface area contributed by atoms with E-state index in [1.807, 2.05) is 0 Å². The van der Waals surface area contributed by atoms with Crippen LogP contribution in [0.1, 0.15) is 46.5 Å². The molecule has 136 valence electrons. The van der Waals surface area contributed by atoms with Crippen LogP contribution in [0.5, 0.6) is 0 Å². The van der Waals surface area contributed by atoms with Gasteiger partial charge in [-0.1, -0.05) is 27.2 Å². The van der Waals surface area contributed by atoms with Gasteiger partial charge in [0.1, 0.15) is 6.61 Å². The van der Waals surface area contributed by atoms with Crippen LogP contribution in [0.15, 0.2) is 0 Å². The summed E-state index contributed by atoms with van der Waals surface area (Å²) in [6.45, 7) is 3.35. The summed E-state index contributed by atoms with van der Waals surface area (Å²) in [7, 11) is 0. The van der Waals surface area contributed by atoms with Crippen LogP contribution in [-0.2, 0) is 19.1 Å². The van der Waals surface area contributed by atoms with Crippen LogP contribution in [0.4, 0.5) is 22.0 Å². The number of ether oxygens (including phenoxy) is 2. The van der Waals surface area contributed by atoms with Crippen molar-refractivity contribution in [1.29, 1.82) is 0 Å². The second kappa shape index (κ2) is 9.02. The van der Waals surface area contributed by atoms with Crippen molar-refractivity contribution in [3.63, 3.8) is 0 Å². The minimum absolute atomic E-state index is 0.383. The maximum absolute atomic E-state index is 13.9. The van der Waals surface area contributed by atoms with Crippen LogP contribution < -0.4 is 0 Å². The van der Waals surface area contributed by atoms with Crippen LogP contribution in [0.25, 0.3) is 0 Å². The van der Waals surface area contributed by atoms with Crippen molar-refractivity contribution in [2.24, 2.45) is 5.92 Å². The molecule has 2 atom stereocenters. The number of carbonyl (C=O) groups excluding carboxylic acids is 2. The highest BCUT2D eigenvalue weighted by molar-refractivity contribution is 5.79. The molecule has 23 heavy (non-hydrogen) atoms. The topological polar surface area (TPSA) is 52.6 Å². The molecule has 0 amide bonds. The van der Waals surface area contributed by atoms with Gasteiger partial charge >= 0.3 is 24.0 Å². The lowest BCUT2D eigenvalue weighted by Crippen LogP contribution is -2.45. The smallest absolute Gasteiger partial charge is 0.392 e. The molecule has 2 unspecified atom stereocenters. The Labute approximate surface area is 131 Å². The number of hydrogen-bond acceptors (Lipinski definition) is 4. The summed E-state index contributed by atoms with van der Waals surface area (Å²) in [6.07, 6.45) is -7.54. The third-order valence-corrected chi connectivity index (χ3v) is 3.05. The van der Waals surface area contributed by atoms with Gasteiger partial charge in [-0.3, -0.25) is 4.79 Å². The molecule has 0 aliphatic rings. The molecule has 0 radical (unpaired) electrons. The normalized spacial score (nSPS) is 15.0. The highest BCUT2D eigenvalue weighted by Gasteiger charge is 2.51. The Kier molecular flexibility index (Phi) is 8.47. The average molecular weight is 348 g/mol. The van der Waals surface area contributed by atoms with Gasteiger partial charge in [-0.25, -0.2) is 4.79 Å². The van der Waals surface area contributed by atoms with E-state index in [-0.39, 0.29) is 6.42 Å². The van der Waals surface area contributed by atoms with E-state index >= 15 is 0 Å². The van der Waals surface area contributed by atoms with Crippen molar-refractivity contribution in [1.82, 2.24) is 0 Å². The zero-order valence-electron chi connectivity index (χ0n) is 13.2. The van der Waals surface area contributed by atoms with Gasteiger partial charge in [0.25, 0.3) is 0 Å². The lowest BCUT2D eigenvalue weighted by Gasteiger charge is -2.25.